The summed E-state index contributed by atoms with van der Waals surface area (Å²) < 4.78 is 0. The molecule has 0 bridgehead atoms. The molecule has 2 nitrogen and oxygen atoms in total. The molecular formula is C17H21ClN2S. The third-order valence-electron chi connectivity index (χ3n) is 3.44. The van der Waals surface area contributed by atoms with Gasteiger partial charge in [-0.2, -0.15) is 0 Å². The van der Waals surface area contributed by atoms with Crippen molar-refractivity contribution in [3.8, 4) is 0 Å². The number of nitrogens with one attached hydrogen (secondary N) is 1. The topological polar surface area (TPSA) is 24.9 Å². The molecule has 0 fully saturated rings. The fourth-order valence-corrected chi connectivity index (χ4v) is 2.86. The monoisotopic (exact) mass is 320 g/mol. The highest BCUT2D eigenvalue weighted by molar-refractivity contribution is 7.98. The van der Waals surface area contributed by atoms with Crippen molar-refractivity contribution in [1.82, 2.24) is 10.3 Å². The minimum absolute atomic E-state index is 0.278. The predicted octanol–water partition coefficient (Wildman–Crippen LogP) is 4.74. The Kier molecular flexibility index (Phi) is 6.55. The number of aromatic nitrogens is 1. The van der Waals surface area contributed by atoms with E-state index in [1.54, 1.807) is 24.2 Å². The average molecular weight is 321 g/mol. The maximum Gasteiger partial charge on any atom is 0.0622 e. The number of hydrogen-bond acceptors (Lipinski definition) is 3. The van der Waals surface area contributed by atoms with Gasteiger partial charge in [-0.25, -0.2) is 0 Å². The summed E-state index contributed by atoms with van der Waals surface area (Å²) >= 11 is 8.01. The molecule has 0 amide bonds. The lowest BCUT2D eigenvalue weighted by molar-refractivity contribution is 0.529. The summed E-state index contributed by atoms with van der Waals surface area (Å²) in [6.07, 6.45) is 7.60. The number of pyridine rings is 1. The number of thioether (sulfide) groups is 1. The standard InChI is InChI=1S/C17H21ClN2S/c1-3-9-20-17(11-14-8-10-19-12-16(14)18)13-4-6-15(21-2)7-5-13/h4-8,10,12,17,20H,3,9,11H2,1-2H3. The molecule has 2 aromatic rings. The summed E-state index contributed by atoms with van der Waals surface area (Å²) in [7, 11) is 0. The zero-order valence-corrected chi connectivity index (χ0v) is 14.0. The predicted molar refractivity (Wildman–Crippen MR) is 92.2 cm³/mol. The molecule has 1 heterocycles. The van der Waals surface area contributed by atoms with Crippen molar-refractivity contribution in [3.63, 3.8) is 0 Å². The van der Waals surface area contributed by atoms with Crippen molar-refractivity contribution < 1.29 is 0 Å². The van der Waals surface area contributed by atoms with Crippen LogP contribution in [0.25, 0.3) is 0 Å². The zero-order chi connectivity index (χ0) is 15.1. The van der Waals surface area contributed by atoms with Gasteiger partial charge in [-0.1, -0.05) is 30.7 Å². The van der Waals surface area contributed by atoms with Gasteiger partial charge in [0.2, 0.25) is 0 Å². The fraction of sp³-hybridized carbons (Fsp3) is 0.353. The largest absolute Gasteiger partial charge is 0.310 e. The molecule has 2 rings (SSSR count). The maximum absolute atomic E-state index is 6.24. The molecule has 0 aliphatic heterocycles. The van der Waals surface area contributed by atoms with E-state index < -0.39 is 0 Å². The SMILES string of the molecule is CCCNC(Cc1ccncc1Cl)c1ccc(SC)cc1. The van der Waals surface area contributed by atoms with E-state index in [1.807, 2.05) is 6.07 Å². The van der Waals surface area contributed by atoms with Crippen LogP contribution in [0.5, 0.6) is 0 Å². The second-order valence-electron chi connectivity index (χ2n) is 4.95. The zero-order valence-electron chi connectivity index (χ0n) is 12.5. The Morgan fingerprint density at radius 3 is 2.62 bits per heavy atom. The Balaban J connectivity index is 2.18. The molecule has 1 unspecified atom stereocenters. The van der Waals surface area contributed by atoms with Crippen molar-refractivity contribution in [2.45, 2.75) is 30.7 Å². The highest BCUT2D eigenvalue weighted by Crippen LogP contribution is 2.24. The molecule has 4 heteroatoms. The van der Waals surface area contributed by atoms with Crippen molar-refractivity contribution in [2.75, 3.05) is 12.8 Å². The lowest BCUT2D eigenvalue weighted by Crippen LogP contribution is -2.24. The lowest BCUT2D eigenvalue weighted by Gasteiger charge is -2.20. The van der Waals surface area contributed by atoms with Gasteiger partial charge in [0.25, 0.3) is 0 Å². The van der Waals surface area contributed by atoms with E-state index in [0.717, 1.165) is 30.0 Å². The molecule has 0 aliphatic rings. The molecule has 0 spiro atoms. The quantitative estimate of drug-likeness (QED) is 0.746. The van der Waals surface area contributed by atoms with E-state index in [-0.39, 0.29) is 6.04 Å². The Labute approximate surface area is 136 Å². The molecule has 1 aromatic heterocycles. The molecule has 21 heavy (non-hydrogen) atoms. The van der Waals surface area contributed by atoms with E-state index >= 15 is 0 Å². The highest BCUT2D eigenvalue weighted by Gasteiger charge is 2.13. The van der Waals surface area contributed by atoms with Crippen LogP contribution in [0.15, 0.2) is 47.6 Å². The van der Waals surface area contributed by atoms with Gasteiger partial charge in [-0.05, 0) is 55.0 Å². The first kappa shape index (κ1) is 16.3. The summed E-state index contributed by atoms with van der Waals surface area (Å²) in [5, 5.41) is 4.35. The number of rotatable bonds is 7. The Morgan fingerprint density at radius 2 is 2.00 bits per heavy atom. The van der Waals surface area contributed by atoms with Crippen molar-refractivity contribution in [1.29, 1.82) is 0 Å². The lowest BCUT2D eigenvalue weighted by atomic mass is 9.99. The molecule has 1 N–H and O–H groups in total. The third kappa shape index (κ3) is 4.73. The molecule has 0 radical (unpaired) electrons. The Morgan fingerprint density at radius 1 is 1.24 bits per heavy atom. The normalized spacial score (nSPS) is 12.3. The van der Waals surface area contributed by atoms with Crippen LogP contribution >= 0.6 is 23.4 Å². The molecule has 0 aliphatic carbocycles. The Hall–Kier alpha value is -1.03. The van der Waals surface area contributed by atoms with E-state index in [1.165, 1.54) is 10.5 Å². The van der Waals surface area contributed by atoms with Gasteiger partial charge in [0.15, 0.2) is 0 Å². The summed E-state index contributed by atoms with van der Waals surface area (Å²) in [4.78, 5) is 5.34. The minimum atomic E-state index is 0.278. The van der Waals surface area contributed by atoms with Crippen LogP contribution in [-0.4, -0.2) is 17.8 Å². The van der Waals surface area contributed by atoms with Gasteiger partial charge in [-0.15, -0.1) is 11.8 Å². The summed E-state index contributed by atoms with van der Waals surface area (Å²) in [5.74, 6) is 0. The number of benzene rings is 1. The van der Waals surface area contributed by atoms with Gasteiger partial charge in [0, 0.05) is 23.3 Å². The fourth-order valence-electron chi connectivity index (χ4n) is 2.25. The van der Waals surface area contributed by atoms with Gasteiger partial charge in [0.05, 0.1) is 5.02 Å². The second-order valence-corrected chi connectivity index (χ2v) is 6.24. The summed E-state index contributed by atoms with van der Waals surface area (Å²) in [6, 6.07) is 11.0. The molecular weight excluding hydrogens is 300 g/mol. The van der Waals surface area contributed by atoms with Crippen LogP contribution in [0.4, 0.5) is 0 Å². The van der Waals surface area contributed by atoms with Gasteiger partial charge in [-0.3, -0.25) is 4.98 Å². The van der Waals surface area contributed by atoms with Crippen LogP contribution in [0, 0.1) is 0 Å². The second kappa shape index (κ2) is 8.42. The first-order valence-electron chi connectivity index (χ1n) is 7.20. The first-order valence-corrected chi connectivity index (χ1v) is 8.80. The molecule has 0 saturated heterocycles. The van der Waals surface area contributed by atoms with E-state index in [2.05, 4.69) is 47.7 Å². The van der Waals surface area contributed by atoms with Crippen LogP contribution < -0.4 is 5.32 Å². The van der Waals surface area contributed by atoms with E-state index in [0.29, 0.717) is 0 Å². The van der Waals surface area contributed by atoms with E-state index in [9.17, 15) is 0 Å². The number of halogens is 1. The van der Waals surface area contributed by atoms with Crippen LogP contribution in [0.3, 0.4) is 0 Å². The summed E-state index contributed by atoms with van der Waals surface area (Å²) in [5.41, 5.74) is 2.43. The van der Waals surface area contributed by atoms with Crippen LogP contribution in [0.1, 0.15) is 30.5 Å². The number of hydrogen-bond donors (Lipinski definition) is 1. The average Bonchev–Trinajstić information content (AvgIpc) is 2.53. The van der Waals surface area contributed by atoms with Gasteiger partial charge < -0.3 is 5.32 Å². The van der Waals surface area contributed by atoms with Crippen molar-refractivity contribution in [3.05, 3.63) is 58.9 Å². The number of nitrogens with zero attached hydrogens (tertiary/aromatic N) is 1. The van der Waals surface area contributed by atoms with E-state index in [4.69, 9.17) is 11.6 Å². The first-order chi connectivity index (χ1) is 10.2. The van der Waals surface area contributed by atoms with Crippen LogP contribution in [0.2, 0.25) is 5.02 Å². The van der Waals surface area contributed by atoms with Crippen molar-refractivity contribution >= 4 is 23.4 Å². The van der Waals surface area contributed by atoms with Gasteiger partial charge >= 0.3 is 0 Å². The summed E-state index contributed by atoms with van der Waals surface area (Å²) in [6.45, 7) is 3.18. The maximum atomic E-state index is 6.24. The highest BCUT2D eigenvalue weighted by atomic mass is 35.5. The smallest absolute Gasteiger partial charge is 0.0622 e. The minimum Gasteiger partial charge on any atom is -0.310 e. The molecule has 112 valence electrons. The Bertz CT molecular complexity index is 557. The molecule has 1 atom stereocenters. The van der Waals surface area contributed by atoms with Gasteiger partial charge in [0.1, 0.15) is 0 Å². The van der Waals surface area contributed by atoms with Crippen LogP contribution in [-0.2, 0) is 6.42 Å². The molecule has 0 saturated carbocycles. The van der Waals surface area contributed by atoms with Crippen molar-refractivity contribution in [2.24, 2.45) is 0 Å². The third-order valence-corrected chi connectivity index (χ3v) is 4.52. The molecule has 1 aromatic carbocycles.